The van der Waals surface area contributed by atoms with Gasteiger partial charge in [0.15, 0.2) is 0 Å². The zero-order valence-electron chi connectivity index (χ0n) is 11.4. The predicted molar refractivity (Wildman–Crippen MR) is 71.5 cm³/mol. The molecule has 98 valence electrons. The number of aryl methyl sites for hydroxylation is 2. The number of carbonyl (C=O) groups excluding carboxylic acids is 1. The van der Waals surface area contributed by atoms with E-state index in [2.05, 4.69) is 37.4 Å². The first kappa shape index (κ1) is 13.1. The summed E-state index contributed by atoms with van der Waals surface area (Å²) in [5.41, 5.74) is 3.63. The monoisotopic (exact) mass is 247 g/mol. The van der Waals surface area contributed by atoms with Gasteiger partial charge in [0.25, 0.3) is 0 Å². The highest BCUT2D eigenvalue weighted by Gasteiger charge is 2.40. The third-order valence-corrected chi connectivity index (χ3v) is 3.79. The second-order valence-electron chi connectivity index (χ2n) is 5.03. The molecule has 1 aromatic rings. The summed E-state index contributed by atoms with van der Waals surface area (Å²) in [7, 11) is 1.45. The van der Waals surface area contributed by atoms with Crippen LogP contribution < -0.4 is 5.32 Å². The Balaban J connectivity index is 2.39. The second kappa shape index (κ2) is 5.11. The van der Waals surface area contributed by atoms with Crippen molar-refractivity contribution in [1.82, 2.24) is 5.32 Å². The second-order valence-corrected chi connectivity index (χ2v) is 5.03. The number of hydrogen-bond donors (Lipinski definition) is 1. The van der Waals surface area contributed by atoms with E-state index in [-0.39, 0.29) is 11.5 Å². The van der Waals surface area contributed by atoms with Crippen LogP contribution in [0.1, 0.15) is 36.5 Å². The Bertz CT molecular complexity index is 452. The fraction of sp³-hybridized carbons (Fsp3) is 0.533. The number of esters is 1. The topological polar surface area (TPSA) is 38.3 Å². The zero-order valence-corrected chi connectivity index (χ0v) is 11.4. The predicted octanol–water partition coefficient (Wildman–Crippen LogP) is 2.31. The normalized spacial score (nSPS) is 21.7. The van der Waals surface area contributed by atoms with Crippen LogP contribution in [0.5, 0.6) is 0 Å². The van der Waals surface area contributed by atoms with Gasteiger partial charge in [0, 0.05) is 0 Å². The van der Waals surface area contributed by atoms with Crippen LogP contribution in [0.15, 0.2) is 18.2 Å². The lowest BCUT2D eigenvalue weighted by molar-refractivity contribution is -0.142. The third kappa shape index (κ3) is 2.27. The van der Waals surface area contributed by atoms with Crippen molar-refractivity contribution in [2.75, 3.05) is 13.7 Å². The summed E-state index contributed by atoms with van der Waals surface area (Å²) in [4.78, 5) is 11.7. The van der Waals surface area contributed by atoms with Gasteiger partial charge in [0.1, 0.15) is 0 Å². The smallest absolute Gasteiger partial charge is 0.307 e. The molecule has 3 nitrogen and oxygen atoms in total. The summed E-state index contributed by atoms with van der Waals surface area (Å²) in [5.74, 6) is -0.148. The number of carbonyl (C=O) groups is 1. The highest BCUT2D eigenvalue weighted by Crippen LogP contribution is 2.40. The average Bonchev–Trinajstić information content (AvgIpc) is 2.68. The molecule has 0 radical (unpaired) electrons. The minimum absolute atomic E-state index is 0.148. The van der Waals surface area contributed by atoms with Crippen LogP contribution in [0.2, 0.25) is 0 Å². The van der Waals surface area contributed by atoms with E-state index in [9.17, 15) is 4.79 Å². The van der Waals surface area contributed by atoms with Gasteiger partial charge in [-0.05, 0) is 37.4 Å². The Hall–Kier alpha value is -1.35. The molecule has 1 aliphatic rings. The van der Waals surface area contributed by atoms with Crippen molar-refractivity contribution in [1.29, 1.82) is 0 Å². The van der Waals surface area contributed by atoms with Crippen molar-refractivity contribution in [2.45, 2.75) is 38.6 Å². The zero-order chi connectivity index (χ0) is 13.2. The molecule has 1 aromatic carbocycles. The number of ether oxygens (including phenoxy) is 1. The van der Waals surface area contributed by atoms with Crippen molar-refractivity contribution >= 4 is 5.97 Å². The van der Waals surface area contributed by atoms with Crippen molar-refractivity contribution in [3.63, 3.8) is 0 Å². The van der Waals surface area contributed by atoms with Crippen LogP contribution in [-0.4, -0.2) is 19.6 Å². The number of hydrogen-bond acceptors (Lipinski definition) is 3. The Morgan fingerprint density at radius 1 is 1.50 bits per heavy atom. The minimum Gasteiger partial charge on any atom is -0.469 e. The van der Waals surface area contributed by atoms with E-state index in [1.807, 2.05) is 0 Å². The van der Waals surface area contributed by atoms with Gasteiger partial charge in [0.05, 0.1) is 19.1 Å². The van der Waals surface area contributed by atoms with Crippen molar-refractivity contribution in [3.8, 4) is 0 Å². The quantitative estimate of drug-likeness (QED) is 0.830. The molecule has 0 heterocycles. The fourth-order valence-corrected chi connectivity index (χ4v) is 2.92. The summed E-state index contributed by atoms with van der Waals surface area (Å²) in [6, 6.07) is 6.52. The van der Waals surface area contributed by atoms with Crippen LogP contribution in [0.25, 0.3) is 0 Å². The highest BCUT2D eigenvalue weighted by atomic mass is 16.5. The van der Waals surface area contributed by atoms with E-state index in [1.165, 1.54) is 23.8 Å². The first-order valence-corrected chi connectivity index (χ1v) is 6.53. The molecule has 0 spiro atoms. The number of methoxy groups -OCH3 is 1. The van der Waals surface area contributed by atoms with E-state index in [4.69, 9.17) is 4.74 Å². The molecule has 1 aliphatic carbocycles. The van der Waals surface area contributed by atoms with E-state index >= 15 is 0 Å². The molecular weight excluding hydrogens is 226 g/mol. The van der Waals surface area contributed by atoms with Crippen LogP contribution in [-0.2, 0) is 21.5 Å². The maximum atomic E-state index is 11.7. The summed E-state index contributed by atoms with van der Waals surface area (Å²) in [6.07, 6.45) is 2.40. The van der Waals surface area contributed by atoms with E-state index in [0.717, 1.165) is 19.4 Å². The Kier molecular flexibility index (Phi) is 3.71. The Morgan fingerprint density at radius 2 is 2.28 bits per heavy atom. The lowest BCUT2D eigenvalue weighted by atomic mass is 9.87. The van der Waals surface area contributed by atoms with Crippen molar-refractivity contribution in [3.05, 3.63) is 34.9 Å². The largest absolute Gasteiger partial charge is 0.469 e. The van der Waals surface area contributed by atoms with Crippen LogP contribution in [0, 0.1) is 6.92 Å². The molecule has 18 heavy (non-hydrogen) atoms. The Labute approximate surface area is 109 Å². The SMILES string of the molecule is CCNC1(CC(=O)OC)CCc2ccc(C)cc21. The molecule has 0 aliphatic heterocycles. The lowest BCUT2D eigenvalue weighted by Crippen LogP contribution is -2.42. The first-order chi connectivity index (χ1) is 8.61. The maximum absolute atomic E-state index is 11.7. The van der Waals surface area contributed by atoms with Gasteiger partial charge in [-0.3, -0.25) is 4.79 Å². The summed E-state index contributed by atoms with van der Waals surface area (Å²) >= 11 is 0. The summed E-state index contributed by atoms with van der Waals surface area (Å²) in [6.45, 7) is 5.02. The van der Waals surface area contributed by atoms with Gasteiger partial charge < -0.3 is 10.1 Å². The minimum atomic E-state index is -0.233. The maximum Gasteiger partial charge on any atom is 0.307 e. The van der Waals surface area contributed by atoms with Crippen molar-refractivity contribution in [2.24, 2.45) is 0 Å². The number of fused-ring (bicyclic) bond motifs is 1. The van der Waals surface area contributed by atoms with Crippen LogP contribution >= 0.6 is 0 Å². The van der Waals surface area contributed by atoms with Gasteiger partial charge in [-0.25, -0.2) is 0 Å². The van der Waals surface area contributed by atoms with E-state index in [1.54, 1.807) is 0 Å². The molecule has 3 heteroatoms. The van der Waals surface area contributed by atoms with Crippen molar-refractivity contribution < 1.29 is 9.53 Å². The average molecular weight is 247 g/mol. The van der Waals surface area contributed by atoms with Gasteiger partial charge in [0.2, 0.25) is 0 Å². The van der Waals surface area contributed by atoms with Gasteiger partial charge >= 0.3 is 5.97 Å². The molecule has 1 atom stereocenters. The highest BCUT2D eigenvalue weighted by molar-refractivity contribution is 5.71. The molecule has 0 amide bonds. The lowest BCUT2D eigenvalue weighted by Gasteiger charge is -2.30. The third-order valence-electron chi connectivity index (χ3n) is 3.79. The number of benzene rings is 1. The fourth-order valence-electron chi connectivity index (χ4n) is 2.92. The van der Waals surface area contributed by atoms with E-state index < -0.39 is 0 Å². The van der Waals surface area contributed by atoms with Crippen LogP contribution in [0.3, 0.4) is 0 Å². The molecular formula is C15H21NO2. The Morgan fingerprint density at radius 3 is 2.94 bits per heavy atom. The molecule has 0 fully saturated rings. The molecule has 1 N–H and O–H groups in total. The standard InChI is InChI=1S/C15H21NO2/c1-4-16-15(10-14(17)18-3)8-7-12-6-5-11(2)9-13(12)15/h5-6,9,16H,4,7-8,10H2,1-3H3. The molecule has 0 saturated carbocycles. The van der Waals surface area contributed by atoms with E-state index in [0.29, 0.717) is 6.42 Å². The number of nitrogens with one attached hydrogen (secondary N) is 1. The number of rotatable bonds is 4. The molecule has 0 bridgehead atoms. The van der Waals surface area contributed by atoms with Gasteiger partial charge in [-0.1, -0.05) is 30.7 Å². The molecule has 2 rings (SSSR count). The summed E-state index contributed by atoms with van der Waals surface area (Å²) < 4.78 is 4.85. The van der Waals surface area contributed by atoms with Crippen LogP contribution in [0.4, 0.5) is 0 Å². The first-order valence-electron chi connectivity index (χ1n) is 6.53. The summed E-state index contributed by atoms with van der Waals surface area (Å²) in [5, 5.41) is 3.51. The molecule has 0 aromatic heterocycles. The van der Waals surface area contributed by atoms with Gasteiger partial charge in [-0.2, -0.15) is 0 Å². The molecule has 0 saturated heterocycles. The molecule has 1 unspecified atom stereocenters. The van der Waals surface area contributed by atoms with Gasteiger partial charge in [-0.15, -0.1) is 0 Å².